The van der Waals surface area contributed by atoms with E-state index in [1.807, 2.05) is 66.2 Å². The molecule has 0 radical (unpaired) electrons. The van der Waals surface area contributed by atoms with Gasteiger partial charge in [-0.25, -0.2) is 14.6 Å². The van der Waals surface area contributed by atoms with E-state index in [0.29, 0.717) is 17.1 Å². The van der Waals surface area contributed by atoms with Gasteiger partial charge in [0.15, 0.2) is 0 Å². The van der Waals surface area contributed by atoms with Crippen LogP contribution in [0.1, 0.15) is 5.69 Å². The molecule has 0 saturated carbocycles. The number of anilines is 3. The normalized spacial score (nSPS) is 13.8. The van der Waals surface area contributed by atoms with Gasteiger partial charge in [-0.2, -0.15) is 0 Å². The topological polar surface area (TPSA) is 65.9 Å². The molecule has 1 aliphatic rings. The van der Waals surface area contributed by atoms with E-state index in [9.17, 15) is 14.4 Å². The largest absolute Gasteiger partial charge is 0.378 e. The van der Waals surface area contributed by atoms with Crippen LogP contribution in [0.15, 0.2) is 109 Å². The van der Waals surface area contributed by atoms with Crippen molar-refractivity contribution in [1.82, 2.24) is 4.57 Å². The van der Waals surface area contributed by atoms with Gasteiger partial charge in [0.25, 0.3) is 11.8 Å². The third-order valence-electron chi connectivity index (χ3n) is 6.00. The molecule has 0 bridgehead atoms. The molecule has 0 spiro atoms. The van der Waals surface area contributed by atoms with E-state index in [-0.39, 0.29) is 5.57 Å². The number of barbiturate groups is 1. The lowest BCUT2D eigenvalue weighted by atomic mass is 10.1. The molecule has 2 heterocycles. The molecule has 1 fully saturated rings. The Morgan fingerprint density at radius 2 is 1.14 bits per heavy atom. The van der Waals surface area contributed by atoms with Crippen molar-refractivity contribution >= 4 is 41.0 Å². The Balaban J connectivity index is 1.61. The summed E-state index contributed by atoms with van der Waals surface area (Å²) in [7, 11) is 3.94. The number of carbonyl (C=O) groups is 3. The predicted octanol–water partition coefficient (Wildman–Crippen LogP) is 5.13. The molecule has 7 heteroatoms. The number of amides is 4. The highest BCUT2D eigenvalue weighted by atomic mass is 16.2. The van der Waals surface area contributed by atoms with E-state index in [2.05, 4.69) is 0 Å². The lowest BCUT2D eigenvalue weighted by Crippen LogP contribution is -2.57. The number of rotatable bonds is 5. The lowest BCUT2D eigenvalue weighted by molar-refractivity contribution is -0.121. The average Bonchev–Trinajstić information content (AvgIpc) is 3.36. The molecule has 4 aromatic rings. The Morgan fingerprint density at radius 1 is 0.611 bits per heavy atom. The summed E-state index contributed by atoms with van der Waals surface area (Å²) in [5.74, 6) is -1.34. The van der Waals surface area contributed by atoms with E-state index in [4.69, 9.17) is 0 Å². The summed E-state index contributed by atoms with van der Waals surface area (Å²) in [6.07, 6.45) is 3.41. The van der Waals surface area contributed by atoms with Crippen LogP contribution < -0.4 is 14.7 Å². The van der Waals surface area contributed by atoms with Crippen LogP contribution in [0.3, 0.4) is 0 Å². The van der Waals surface area contributed by atoms with Crippen molar-refractivity contribution in [1.29, 1.82) is 0 Å². The van der Waals surface area contributed by atoms with Crippen molar-refractivity contribution in [3.05, 3.63) is 115 Å². The number of benzene rings is 3. The third kappa shape index (κ3) is 4.07. The van der Waals surface area contributed by atoms with Crippen molar-refractivity contribution in [2.45, 2.75) is 0 Å². The van der Waals surface area contributed by atoms with Crippen LogP contribution >= 0.6 is 0 Å². The molecule has 36 heavy (non-hydrogen) atoms. The van der Waals surface area contributed by atoms with Crippen LogP contribution in [0.25, 0.3) is 11.8 Å². The molecule has 0 atom stereocenters. The maximum atomic E-state index is 13.6. The van der Waals surface area contributed by atoms with Gasteiger partial charge >= 0.3 is 6.03 Å². The minimum absolute atomic E-state index is 0.104. The van der Waals surface area contributed by atoms with Gasteiger partial charge in [0, 0.05) is 37.4 Å². The highest BCUT2D eigenvalue weighted by Gasteiger charge is 2.43. The third-order valence-corrected chi connectivity index (χ3v) is 6.00. The minimum Gasteiger partial charge on any atom is -0.378 e. The summed E-state index contributed by atoms with van der Waals surface area (Å²) >= 11 is 0. The molecule has 0 N–H and O–H groups in total. The fraction of sp³-hybridized carbons (Fsp3) is 0.0690. The van der Waals surface area contributed by atoms with Gasteiger partial charge in [0.05, 0.1) is 11.4 Å². The average molecular weight is 477 g/mol. The van der Waals surface area contributed by atoms with E-state index in [1.165, 1.54) is 0 Å². The number of aromatic nitrogens is 1. The Hall–Kier alpha value is -4.91. The first kappa shape index (κ1) is 22.9. The number of para-hydroxylation sites is 2. The van der Waals surface area contributed by atoms with Crippen LogP contribution in [0.2, 0.25) is 0 Å². The molecule has 1 saturated heterocycles. The van der Waals surface area contributed by atoms with E-state index in [0.717, 1.165) is 21.2 Å². The summed E-state index contributed by atoms with van der Waals surface area (Å²) in [4.78, 5) is 44.7. The van der Waals surface area contributed by atoms with Gasteiger partial charge in [-0.3, -0.25) is 9.59 Å². The number of carbonyl (C=O) groups excluding carboxylic acids is 3. The van der Waals surface area contributed by atoms with Gasteiger partial charge in [0.2, 0.25) is 0 Å². The molecule has 1 aromatic heterocycles. The molecule has 0 unspecified atom stereocenters. The fourth-order valence-electron chi connectivity index (χ4n) is 4.15. The molecule has 4 amide bonds. The Labute approximate surface area is 209 Å². The zero-order chi connectivity index (χ0) is 25.2. The summed E-state index contributed by atoms with van der Waals surface area (Å²) in [6, 6.07) is 28.1. The second-order valence-electron chi connectivity index (χ2n) is 8.51. The molecule has 1 aliphatic heterocycles. The number of hydrogen-bond donors (Lipinski definition) is 0. The highest BCUT2D eigenvalue weighted by Crippen LogP contribution is 2.30. The zero-order valence-electron chi connectivity index (χ0n) is 19.9. The summed E-state index contributed by atoms with van der Waals surface area (Å²) in [6.45, 7) is 0. The maximum Gasteiger partial charge on any atom is 0.343 e. The van der Waals surface area contributed by atoms with Crippen LogP contribution in [-0.2, 0) is 9.59 Å². The van der Waals surface area contributed by atoms with Crippen LogP contribution in [0, 0.1) is 0 Å². The number of nitrogens with zero attached hydrogens (tertiary/aromatic N) is 4. The molecule has 3 aromatic carbocycles. The molecule has 7 nitrogen and oxygen atoms in total. The van der Waals surface area contributed by atoms with Crippen molar-refractivity contribution in [3.8, 4) is 5.69 Å². The molecular weight excluding hydrogens is 452 g/mol. The van der Waals surface area contributed by atoms with Crippen molar-refractivity contribution in [2.24, 2.45) is 0 Å². The highest BCUT2D eigenvalue weighted by molar-refractivity contribution is 6.46. The first-order chi connectivity index (χ1) is 17.5. The number of urea groups is 1. The number of imide groups is 2. The second-order valence-corrected chi connectivity index (χ2v) is 8.51. The molecule has 178 valence electrons. The van der Waals surface area contributed by atoms with Crippen molar-refractivity contribution < 1.29 is 14.4 Å². The van der Waals surface area contributed by atoms with Crippen molar-refractivity contribution in [3.63, 3.8) is 0 Å². The summed E-state index contributed by atoms with van der Waals surface area (Å²) in [5, 5.41) is 0. The van der Waals surface area contributed by atoms with E-state index < -0.39 is 17.8 Å². The van der Waals surface area contributed by atoms with Gasteiger partial charge in [-0.05, 0) is 66.7 Å². The maximum absolute atomic E-state index is 13.6. The first-order valence-corrected chi connectivity index (χ1v) is 11.5. The standard InChI is InChI=1S/C29H24N4O3/c1-30(2)21-15-17-22(18-16-21)31-19-9-14-25(31)20-26-27(34)32(23-10-5-3-6-11-23)29(36)33(28(26)35)24-12-7-4-8-13-24/h3-20H,1-2H3. The summed E-state index contributed by atoms with van der Waals surface area (Å²) in [5.41, 5.74) is 3.25. The smallest absolute Gasteiger partial charge is 0.343 e. The van der Waals surface area contributed by atoms with Gasteiger partial charge < -0.3 is 9.47 Å². The van der Waals surface area contributed by atoms with E-state index >= 15 is 0 Å². The lowest BCUT2D eigenvalue weighted by Gasteiger charge is -2.33. The van der Waals surface area contributed by atoms with Crippen molar-refractivity contribution in [2.75, 3.05) is 28.8 Å². The molecular formula is C29H24N4O3. The van der Waals surface area contributed by atoms with Gasteiger partial charge in [0.1, 0.15) is 5.57 Å². The second kappa shape index (κ2) is 9.38. The Kier molecular flexibility index (Phi) is 5.96. The van der Waals surface area contributed by atoms with Gasteiger partial charge in [-0.15, -0.1) is 0 Å². The molecule has 0 aliphatic carbocycles. The van der Waals surface area contributed by atoms with Gasteiger partial charge in [-0.1, -0.05) is 36.4 Å². The Bertz CT molecular complexity index is 1390. The van der Waals surface area contributed by atoms with E-state index in [1.54, 1.807) is 66.7 Å². The number of hydrogen-bond acceptors (Lipinski definition) is 4. The zero-order valence-corrected chi connectivity index (χ0v) is 19.9. The summed E-state index contributed by atoms with van der Waals surface area (Å²) < 4.78 is 1.89. The van der Waals surface area contributed by atoms with Crippen LogP contribution in [0.5, 0.6) is 0 Å². The first-order valence-electron chi connectivity index (χ1n) is 11.5. The fourth-order valence-corrected chi connectivity index (χ4v) is 4.15. The predicted molar refractivity (Wildman–Crippen MR) is 141 cm³/mol. The van der Waals surface area contributed by atoms with Crippen LogP contribution in [0.4, 0.5) is 21.9 Å². The minimum atomic E-state index is -0.714. The Morgan fingerprint density at radius 3 is 1.64 bits per heavy atom. The monoisotopic (exact) mass is 476 g/mol. The quantitative estimate of drug-likeness (QED) is 0.296. The SMILES string of the molecule is CN(C)c1ccc(-n2cccc2C=C2C(=O)N(c3ccccc3)C(=O)N(c3ccccc3)C2=O)cc1. The molecule has 5 rings (SSSR count). The van der Waals surface area contributed by atoms with Crippen LogP contribution in [-0.4, -0.2) is 36.5 Å².